The van der Waals surface area contributed by atoms with E-state index in [4.69, 9.17) is 10.5 Å². The molecule has 5 heteroatoms. The van der Waals surface area contributed by atoms with Crippen molar-refractivity contribution in [3.8, 4) is 5.75 Å². The van der Waals surface area contributed by atoms with Crippen LogP contribution in [-0.4, -0.2) is 22.8 Å². The number of anilines is 1. The van der Waals surface area contributed by atoms with Crippen molar-refractivity contribution in [3.05, 3.63) is 48.0 Å². The Balaban J connectivity index is 1.63. The van der Waals surface area contributed by atoms with Crippen molar-refractivity contribution < 1.29 is 4.74 Å². The summed E-state index contributed by atoms with van der Waals surface area (Å²) in [6, 6.07) is 13.9. The van der Waals surface area contributed by atoms with Gasteiger partial charge in [0, 0.05) is 17.5 Å². The van der Waals surface area contributed by atoms with Crippen LogP contribution >= 0.6 is 11.8 Å². The van der Waals surface area contributed by atoms with Crippen LogP contribution < -0.4 is 10.5 Å². The predicted octanol–water partition coefficient (Wildman–Crippen LogP) is 3.49. The van der Waals surface area contributed by atoms with E-state index in [9.17, 15) is 0 Å². The molecule has 0 saturated carbocycles. The Morgan fingerprint density at radius 3 is 2.76 bits per heavy atom. The molecule has 1 heterocycles. The third-order valence-corrected chi connectivity index (χ3v) is 4.15. The second-order valence-electron chi connectivity index (χ2n) is 4.77. The van der Waals surface area contributed by atoms with Gasteiger partial charge in [0.25, 0.3) is 0 Å². The first kappa shape index (κ1) is 13.8. The van der Waals surface area contributed by atoms with Crippen LogP contribution in [0.2, 0.25) is 0 Å². The van der Waals surface area contributed by atoms with Crippen molar-refractivity contribution in [2.24, 2.45) is 0 Å². The lowest BCUT2D eigenvalue weighted by atomic mass is 10.2. The number of nitrogens with two attached hydrogens (primary N) is 1. The first-order valence-corrected chi connectivity index (χ1v) is 7.74. The normalized spacial score (nSPS) is 10.9. The Bertz CT molecular complexity index is 737. The number of nitrogens with zero attached hydrogens (tertiary/aromatic N) is 1. The van der Waals surface area contributed by atoms with E-state index in [1.807, 2.05) is 30.3 Å². The molecular weight excluding hydrogens is 282 g/mol. The topological polar surface area (TPSA) is 63.9 Å². The first-order chi connectivity index (χ1) is 10.2. The Labute approximate surface area is 127 Å². The molecule has 0 radical (unpaired) electrons. The Morgan fingerprint density at radius 2 is 2.00 bits per heavy atom. The number of imidazole rings is 1. The molecule has 3 aromatic rings. The number of fused-ring (bicyclic) bond motifs is 1. The molecule has 2 aromatic carbocycles. The molecule has 108 valence electrons. The molecule has 3 N–H and O–H groups in total. The summed E-state index contributed by atoms with van der Waals surface area (Å²) >= 11 is 1.72. The maximum Gasteiger partial charge on any atom is 0.166 e. The van der Waals surface area contributed by atoms with Crippen LogP contribution in [-0.2, 0) is 6.42 Å². The predicted molar refractivity (Wildman–Crippen MR) is 87.9 cm³/mol. The van der Waals surface area contributed by atoms with E-state index >= 15 is 0 Å². The molecule has 0 amide bonds. The number of nitrogen functional groups attached to an aromatic ring is 1. The number of rotatable bonds is 5. The van der Waals surface area contributed by atoms with Gasteiger partial charge in [0.15, 0.2) is 5.16 Å². The lowest BCUT2D eigenvalue weighted by Crippen LogP contribution is -1.90. The molecular formula is C16H17N3OS. The van der Waals surface area contributed by atoms with Gasteiger partial charge in [0.05, 0.1) is 18.1 Å². The number of hydrogen-bond donors (Lipinski definition) is 2. The van der Waals surface area contributed by atoms with Gasteiger partial charge in [0.2, 0.25) is 0 Å². The Morgan fingerprint density at radius 1 is 1.19 bits per heavy atom. The van der Waals surface area contributed by atoms with E-state index in [-0.39, 0.29) is 0 Å². The molecule has 0 aliphatic carbocycles. The second kappa shape index (κ2) is 6.10. The minimum absolute atomic E-state index is 0.803. The lowest BCUT2D eigenvalue weighted by Gasteiger charge is -2.00. The zero-order valence-corrected chi connectivity index (χ0v) is 12.6. The third kappa shape index (κ3) is 3.31. The molecule has 0 saturated heterocycles. The minimum atomic E-state index is 0.803. The number of thioether (sulfide) groups is 1. The van der Waals surface area contributed by atoms with Crippen LogP contribution in [0.15, 0.2) is 47.6 Å². The molecule has 0 atom stereocenters. The van der Waals surface area contributed by atoms with E-state index in [1.54, 1.807) is 18.9 Å². The van der Waals surface area contributed by atoms with Crippen LogP contribution in [0.3, 0.4) is 0 Å². The summed E-state index contributed by atoms with van der Waals surface area (Å²) < 4.78 is 5.22. The molecule has 4 nitrogen and oxygen atoms in total. The maximum absolute atomic E-state index is 5.68. The van der Waals surface area contributed by atoms with Gasteiger partial charge in [-0.05, 0) is 36.2 Å². The summed E-state index contributed by atoms with van der Waals surface area (Å²) in [5.74, 6) is 1.81. The fraction of sp³-hybridized carbons (Fsp3) is 0.188. The van der Waals surface area contributed by atoms with E-state index in [0.717, 1.165) is 39.8 Å². The van der Waals surface area contributed by atoms with Crippen molar-refractivity contribution in [2.45, 2.75) is 11.6 Å². The fourth-order valence-corrected chi connectivity index (χ4v) is 2.99. The van der Waals surface area contributed by atoms with E-state index in [0.29, 0.717) is 0 Å². The average Bonchev–Trinajstić information content (AvgIpc) is 2.91. The Kier molecular flexibility index (Phi) is 4.01. The van der Waals surface area contributed by atoms with E-state index in [1.165, 1.54) is 5.56 Å². The summed E-state index contributed by atoms with van der Waals surface area (Å²) in [5, 5.41) is 0.939. The van der Waals surface area contributed by atoms with Gasteiger partial charge in [-0.1, -0.05) is 23.9 Å². The highest BCUT2D eigenvalue weighted by Gasteiger charge is 2.04. The molecule has 1 aromatic heterocycles. The van der Waals surface area contributed by atoms with Crippen LogP contribution in [0.25, 0.3) is 11.0 Å². The highest BCUT2D eigenvalue weighted by molar-refractivity contribution is 7.99. The van der Waals surface area contributed by atoms with Crippen molar-refractivity contribution in [1.29, 1.82) is 0 Å². The number of benzene rings is 2. The molecule has 0 aliphatic rings. The van der Waals surface area contributed by atoms with E-state index < -0.39 is 0 Å². The van der Waals surface area contributed by atoms with Crippen molar-refractivity contribution in [2.75, 3.05) is 18.6 Å². The van der Waals surface area contributed by atoms with Gasteiger partial charge >= 0.3 is 0 Å². The highest BCUT2D eigenvalue weighted by Crippen LogP contribution is 2.23. The van der Waals surface area contributed by atoms with Crippen LogP contribution in [0.4, 0.5) is 5.69 Å². The van der Waals surface area contributed by atoms with Crippen molar-refractivity contribution in [3.63, 3.8) is 0 Å². The summed E-state index contributed by atoms with van der Waals surface area (Å²) in [4.78, 5) is 7.88. The van der Waals surface area contributed by atoms with Crippen molar-refractivity contribution >= 4 is 28.5 Å². The summed E-state index contributed by atoms with van der Waals surface area (Å²) in [6.45, 7) is 0. The molecule has 0 aliphatic heterocycles. The molecule has 21 heavy (non-hydrogen) atoms. The molecule has 3 rings (SSSR count). The number of methoxy groups -OCH3 is 1. The van der Waals surface area contributed by atoms with E-state index in [2.05, 4.69) is 22.1 Å². The molecule has 0 fully saturated rings. The summed E-state index contributed by atoms with van der Waals surface area (Å²) in [6.07, 6.45) is 0.991. The minimum Gasteiger partial charge on any atom is -0.497 e. The second-order valence-corrected chi connectivity index (χ2v) is 5.85. The van der Waals surface area contributed by atoms with Gasteiger partial charge in [-0.3, -0.25) is 0 Å². The van der Waals surface area contributed by atoms with Crippen molar-refractivity contribution in [1.82, 2.24) is 9.97 Å². The fourth-order valence-electron chi connectivity index (χ4n) is 2.11. The van der Waals surface area contributed by atoms with Gasteiger partial charge in [-0.25, -0.2) is 4.98 Å². The van der Waals surface area contributed by atoms with Crippen LogP contribution in [0.1, 0.15) is 5.56 Å². The highest BCUT2D eigenvalue weighted by atomic mass is 32.2. The number of ether oxygens (including phenoxy) is 1. The number of aromatic nitrogens is 2. The Hall–Kier alpha value is -2.14. The number of nitrogens with one attached hydrogen (secondary N) is 1. The SMILES string of the molecule is COc1ccc2nc(SCCc3ccc(N)cc3)[nH]c2c1. The number of hydrogen-bond acceptors (Lipinski definition) is 4. The zero-order valence-electron chi connectivity index (χ0n) is 11.8. The third-order valence-electron chi connectivity index (χ3n) is 3.28. The smallest absolute Gasteiger partial charge is 0.166 e. The summed E-state index contributed by atoms with van der Waals surface area (Å²) in [5.41, 5.74) is 9.74. The van der Waals surface area contributed by atoms with Gasteiger partial charge in [-0.15, -0.1) is 0 Å². The molecule has 0 bridgehead atoms. The molecule has 0 spiro atoms. The monoisotopic (exact) mass is 299 g/mol. The zero-order chi connectivity index (χ0) is 14.7. The largest absolute Gasteiger partial charge is 0.497 e. The number of H-pyrrole nitrogens is 1. The maximum atomic E-state index is 5.68. The summed E-state index contributed by atoms with van der Waals surface area (Å²) in [7, 11) is 1.67. The standard InChI is InChI=1S/C16H17N3OS/c1-20-13-6-7-14-15(10-13)19-16(18-14)21-9-8-11-2-4-12(17)5-3-11/h2-7,10H,8-9,17H2,1H3,(H,18,19). The number of aryl methyl sites for hydroxylation is 1. The number of aromatic amines is 1. The average molecular weight is 299 g/mol. The van der Waals surface area contributed by atoms with Crippen LogP contribution in [0.5, 0.6) is 5.75 Å². The van der Waals surface area contributed by atoms with Gasteiger partial charge < -0.3 is 15.5 Å². The van der Waals surface area contributed by atoms with Crippen LogP contribution in [0, 0.1) is 0 Å². The first-order valence-electron chi connectivity index (χ1n) is 6.75. The van der Waals surface area contributed by atoms with Gasteiger partial charge in [0.1, 0.15) is 5.75 Å². The van der Waals surface area contributed by atoms with Gasteiger partial charge in [-0.2, -0.15) is 0 Å². The molecule has 0 unspecified atom stereocenters. The quantitative estimate of drug-likeness (QED) is 0.559. The lowest BCUT2D eigenvalue weighted by molar-refractivity contribution is 0.415.